The van der Waals surface area contributed by atoms with Crippen LogP contribution in [0.3, 0.4) is 0 Å². The van der Waals surface area contributed by atoms with Crippen LogP contribution in [0.5, 0.6) is 0 Å². The van der Waals surface area contributed by atoms with Gasteiger partial charge in [0.15, 0.2) is 5.76 Å². The molecule has 0 saturated heterocycles. The van der Waals surface area contributed by atoms with E-state index in [1.54, 1.807) is 12.1 Å². The molecule has 2 aliphatic carbocycles. The first-order chi connectivity index (χ1) is 18.0. The van der Waals surface area contributed by atoms with Gasteiger partial charge >= 0.3 is 5.97 Å². The van der Waals surface area contributed by atoms with Gasteiger partial charge in [0, 0.05) is 24.0 Å². The van der Waals surface area contributed by atoms with Gasteiger partial charge < -0.3 is 9.25 Å². The van der Waals surface area contributed by atoms with Gasteiger partial charge in [0.25, 0.3) is 0 Å². The zero-order valence-corrected chi connectivity index (χ0v) is 21.3. The Kier molecular flexibility index (Phi) is 7.17. The minimum absolute atomic E-state index is 0.176. The highest BCUT2D eigenvalue weighted by molar-refractivity contribution is 6.46. The number of nitrogens with zero attached hydrogens (tertiary/aromatic N) is 1. The van der Waals surface area contributed by atoms with Crippen molar-refractivity contribution in [1.29, 1.82) is 0 Å². The summed E-state index contributed by atoms with van der Waals surface area (Å²) in [5, 5.41) is 3.99. The number of carbonyl (C=O) groups is 3. The number of fused-ring (bicyclic) bond motifs is 3. The second-order valence-corrected chi connectivity index (χ2v) is 10.0. The van der Waals surface area contributed by atoms with Crippen molar-refractivity contribution in [3.05, 3.63) is 82.8 Å². The second kappa shape index (κ2) is 10.7. The van der Waals surface area contributed by atoms with Crippen LogP contribution >= 0.6 is 0 Å². The Morgan fingerprint density at radius 3 is 2.24 bits per heavy atom. The van der Waals surface area contributed by atoms with E-state index >= 15 is 0 Å². The lowest BCUT2D eigenvalue weighted by Crippen LogP contribution is -2.21. The summed E-state index contributed by atoms with van der Waals surface area (Å²) >= 11 is 0. The largest absolute Gasteiger partial charge is 0.461 e. The molecule has 37 heavy (non-hydrogen) atoms. The van der Waals surface area contributed by atoms with E-state index in [9.17, 15) is 14.4 Å². The predicted octanol–water partition coefficient (Wildman–Crippen LogP) is 7.11. The number of Topliss-reactive ketones (excluding diaryl/α,β-unsaturated/α-hetero) is 1. The maximum atomic E-state index is 13.6. The lowest BCUT2D eigenvalue weighted by molar-refractivity contribution is -0.140. The molecule has 0 amide bonds. The maximum Gasteiger partial charge on any atom is 0.331 e. The summed E-state index contributed by atoms with van der Waals surface area (Å²) in [6.45, 7) is 3.42. The lowest BCUT2D eigenvalue weighted by atomic mass is 9.84. The fourth-order valence-electron chi connectivity index (χ4n) is 5.75. The van der Waals surface area contributed by atoms with Crippen molar-refractivity contribution in [2.75, 3.05) is 0 Å². The normalized spacial score (nSPS) is 17.2. The van der Waals surface area contributed by atoms with Crippen LogP contribution in [0.4, 0.5) is 0 Å². The first-order valence-corrected chi connectivity index (χ1v) is 13.1. The molecule has 0 spiro atoms. The number of hydrogen-bond acceptors (Lipinski definition) is 6. The van der Waals surface area contributed by atoms with E-state index in [0.717, 1.165) is 54.4 Å². The van der Waals surface area contributed by atoms with Gasteiger partial charge in [-0.25, -0.2) is 4.79 Å². The van der Waals surface area contributed by atoms with Gasteiger partial charge in [-0.1, -0.05) is 68.4 Å². The molecule has 1 unspecified atom stereocenters. The topological polar surface area (TPSA) is 85.9 Å². The molecule has 0 aliphatic heterocycles. The van der Waals surface area contributed by atoms with Crippen LogP contribution < -0.4 is 0 Å². The number of carbonyl (C=O) groups excluding carboxylic acids is 3. The minimum Gasteiger partial charge on any atom is -0.461 e. The molecule has 1 heterocycles. The molecule has 0 N–H and O–H groups in total. The highest BCUT2D eigenvalue weighted by Gasteiger charge is 2.30. The van der Waals surface area contributed by atoms with Crippen molar-refractivity contribution in [1.82, 2.24) is 0 Å². The van der Waals surface area contributed by atoms with Gasteiger partial charge in [-0.2, -0.15) is 0 Å². The SMILES string of the molecule is CCC1c2ccc(C(=O)C(CC3CCCCC3)=NOC(C)=O)cc2-c2cc(C(=O)c3ccco3)ccc21. The smallest absolute Gasteiger partial charge is 0.331 e. The van der Waals surface area contributed by atoms with Crippen LogP contribution in [0.2, 0.25) is 0 Å². The van der Waals surface area contributed by atoms with E-state index < -0.39 is 5.97 Å². The van der Waals surface area contributed by atoms with E-state index in [0.29, 0.717) is 29.2 Å². The molecule has 6 nitrogen and oxygen atoms in total. The fraction of sp³-hybridized carbons (Fsp3) is 0.355. The highest BCUT2D eigenvalue weighted by atomic mass is 16.7. The minimum atomic E-state index is -0.545. The number of hydrogen-bond donors (Lipinski definition) is 0. The van der Waals surface area contributed by atoms with Gasteiger partial charge in [0.05, 0.1) is 6.26 Å². The van der Waals surface area contributed by atoms with Crippen molar-refractivity contribution < 1.29 is 23.6 Å². The van der Waals surface area contributed by atoms with Gasteiger partial charge in [0.2, 0.25) is 11.6 Å². The molecule has 2 aliphatic rings. The van der Waals surface area contributed by atoms with Gasteiger partial charge in [-0.05, 0) is 65.3 Å². The molecule has 1 atom stereocenters. The third-order valence-electron chi connectivity index (χ3n) is 7.58. The Morgan fingerprint density at radius 2 is 1.62 bits per heavy atom. The number of furan rings is 1. The number of ketones is 2. The Labute approximate surface area is 216 Å². The van der Waals surface area contributed by atoms with E-state index in [2.05, 4.69) is 12.1 Å². The Balaban J connectivity index is 1.50. The Morgan fingerprint density at radius 1 is 0.946 bits per heavy atom. The van der Waals surface area contributed by atoms with Crippen molar-refractivity contribution in [3.8, 4) is 11.1 Å². The van der Waals surface area contributed by atoms with E-state index in [1.165, 1.54) is 19.6 Å². The summed E-state index contributed by atoms with van der Waals surface area (Å²) in [6, 6.07) is 14.9. The first-order valence-electron chi connectivity index (χ1n) is 13.1. The van der Waals surface area contributed by atoms with Crippen LogP contribution in [0.1, 0.15) is 102 Å². The number of benzene rings is 2. The second-order valence-electron chi connectivity index (χ2n) is 10.0. The number of oxime groups is 1. The zero-order chi connectivity index (χ0) is 25.9. The van der Waals surface area contributed by atoms with Crippen LogP contribution in [0.15, 0.2) is 64.4 Å². The summed E-state index contributed by atoms with van der Waals surface area (Å²) in [5.74, 6) is -0.0940. The van der Waals surface area contributed by atoms with Crippen LogP contribution in [0, 0.1) is 5.92 Å². The standard InChI is InChI=1S/C31H31NO5/c1-3-23-24-13-11-21(30(34)28(32-37-19(2)33)16-20-8-5-4-6-9-20)17-26(24)27-18-22(12-14-25(23)27)31(35)29-10-7-15-36-29/h7,10-15,17-18,20,23H,3-6,8-9,16H2,1-2H3. The average molecular weight is 498 g/mol. The van der Waals surface area contributed by atoms with Crippen LogP contribution in [-0.2, 0) is 9.63 Å². The third-order valence-corrected chi connectivity index (χ3v) is 7.58. The molecule has 1 fully saturated rings. The predicted molar refractivity (Wildman–Crippen MR) is 141 cm³/mol. The Bertz CT molecular complexity index is 1360. The first kappa shape index (κ1) is 24.9. The van der Waals surface area contributed by atoms with Crippen molar-refractivity contribution >= 4 is 23.2 Å². The summed E-state index contributed by atoms with van der Waals surface area (Å²) in [5.41, 5.74) is 5.53. The van der Waals surface area contributed by atoms with E-state index in [-0.39, 0.29) is 23.2 Å². The zero-order valence-electron chi connectivity index (χ0n) is 21.3. The third kappa shape index (κ3) is 5.06. The summed E-state index contributed by atoms with van der Waals surface area (Å²) in [6.07, 6.45) is 8.50. The van der Waals surface area contributed by atoms with Crippen molar-refractivity contribution in [3.63, 3.8) is 0 Å². The van der Waals surface area contributed by atoms with Crippen LogP contribution in [0.25, 0.3) is 11.1 Å². The number of rotatable bonds is 8. The highest BCUT2D eigenvalue weighted by Crippen LogP contribution is 2.47. The maximum absolute atomic E-state index is 13.6. The van der Waals surface area contributed by atoms with E-state index in [1.807, 2.05) is 36.4 Å². The molecule has 190 valence electrons. The molecule has 6 heteroatoms. The molecule has 1 aromatic heterocycles. The van der Waals surface area contributed by atoms with Gasteiger partial charge in [-0.15, -0.1) is 0 Å². The molecule has 0 radical (unpaired) electrons. The summed E-state index contributed by atoms with van der Waals surface area (Å²) in [7, 11) is 0. The molecule has 3 aromatic rings. The lowest BCUT2D eigenvalue weighted by Gasteiger charge is -2.21. The average Bonchev–Trinajstić information content (AvgIpc) is 3.56. The summed E-state index contributed by atoms with van der Waals surface area (Å²) < 4.78 is 5.32. The van der Waals surface area contributed by atoms with Crippen molar-refractivity contribution in [2.24, 2.45) is 11.1 Å². The Hall–Kier alpha value is -3.80. The van der Waals surface area contributed by atoms with Gasteiger partial charge in [-0.3, -0.25) is 9.59 Å². The fourth-order valence-corrected chi connectivity index (χ4v) is 5.75. The van der Waals surface area contributed by atoms with Crippen LogP contribution in [-0.4, -0.2) is 23.2 Å². The molecular formula is C31H31NO5. The molecule has 0 bridgehead atoms. The summed E-state index contributed by atoms with van der Waals surface area (Å²) in [4.78, 5) is 43.0. The molecular weight excluding hydrogens is 466 g/mol. The monoisotopic (exact) mass is 497 g/mol. The van der Waals surface area contributed by atoms with Gasteiger partial charge in [0.1, 0.15) is 5.71 Å². The quantitative estimate of drug-likeness (QED) is 0.143. The molecule has 1 saturated carbocycles. The van der Waals surface area contributed by atoms with E-state index in [4.69, 9.17) is 9.25 Å². The van der Waals surface area contributed by atoms with Crippen molar-refractivity contribution in [2.45, 2.75) is 64.7 Å². The molecule has 2 aromatic carbocycles. The molecule has 5 rings (SSSR count).